The Hall–Kier alpha value is -3.41. The average Bonchev–Trinajstić information content (AvgIpc) is 3.28. The molecule has 360 valence electrons. The monoisotopic (exact) mass is 877 g/mol. The summed E-state index contributed by atoms with van der Waals surface area (Å²) >= 11 is 0. The Bertz CT molecular complexity index is 1240. The SMILES string of the molecule is CC/C=C\C/C=C\C/C=C\C/C=C\CCCCCCC(=O)OC[C@H](COC(=O)CCCCCCCCCCCCC)OC(=O)CCC/C=C\C/C=C\C/C=C\CCCCCCCC. The molecule has 0 fully saturated rings. The minimum Gasteiger partial charge on any atom is -0.462 e. The third-order valence-electron chi connectivity index (χ3n) is 10.9. The fourth-order valence-electron chi connectivity index (χ4n) is 6.98. The van der Waals surface area contributed by atoms with Gasteiger partial charge < -0.3 is 14.2 Å². The highest BCUT2D eigenvalue weighted by molar-refractivity contribution is 5.71. The molecule has 0 amide bonds. The van der Waals surface area contributed by atoms with Crippen LogP contribution in [0.4, 0.5) is 0 Å². The number of ether oxygens (including phenoxy) is 3. The fraction of sp³-hybridized carbons (Fsp3) is 0.702. The van der Waals surface area contributed by atoms with Gasteiger partial charge in [-0.15, -0.1) is 0 Å². The first-order valence-electron chi connectivity index (χ1n) is 26.1. The molecule has 0 unspecified atom stereocenters. The molecule has 0 aromatic heterocycles. The zero-order valence-corrected chi connectivity index (χ0v) is 41.1. The number of rotatable bonds is 46. The number of hydrogen-bond acceptors (Lipinski definition) is 6. The summed E-state index contributed by atoms with van der Waals surface area (Å²) in [5, 5.41) is 0. The van der Waals surface area contributed by atoms with Crippen LogP contribution in [-0.4, -0.2) is 37.2 Å². The van der Waals surface area contributed by atoms with Crippen molar-refractivity contribution < 1.29 is 28.6 Å². The molecule has 0 aliphatic carbocycles. The van der Waals surface area contributed by atoms with Crippen LogP contribution in [0, 0.1) is 0 Å². The van der Waals surface area contributed by atoms with Crippen molar-refractivity contribution in [1.29, 1.82) is 0 Å². The molecule has 6 heteroatoms. The number of carbonyl (C=O) groups is 3. The molecule has 0 rings (SSSR count). The van der Waals surface area contributed by atoms with E-state index in [1.54, 1.807) is 0 Å². The Morgan fingerprint density at radius 3 is 1.02 bits per heavy atom. The molecule has 0 bridgehead atoms. The van der Waals surface area contributed by atoms with Gasteiger partial charge in [-0.3, -0.25) is 14.4 Å². The summed E-state index contributed by atoms with van der Waals surface area (Å²) in [6, 6.07) is 0. The Morgan fingerprint density at radius 2 is 0.635 bits per heavy atom. The van der Waals surface area contributed by atoms with Crippen molar-refractivity contribution in [1.82, 2.24) is 0 Å². The van der Waals surface area contributed by atoms with Gasteiger partial charge in [-0.25, -0.2) is 0 Å². The summed E-state index contributed by atoms with van der Waals surface area (Å²) in [7, 11) is 0. The molecule has 0 aliphatic heterocycles. The van der Waals surface area contributed by atoms with Gasteiger partial charge >= 0.3 is 17.9 Å². The van der Waals surface area contributed by atoms with Gasteiger partial charge in [0.2, 0.25) is 0 Å². The summed E-state index contributed by atoms with van der Waals surface area (Å²) in [4.78, 5) is 37.9. The molecule has 0 aromatic carbocycles. The van der Waals surface area contributed by atoms with Gasteiger partial charge in [-0.2, -0.15) is 0 Å². The van der Waals surface area contributed by atoms with Crippen molar-refractivity contribution in [2.24, 2.45) is 0 Å². The van der Waals surface area contributed by atoms with Gasteiger partial charge in [-0.1, -0.05) is 215 Å². The van der Waals surface area contributed by atoms with Crippen LogP contribution in [0.25, 0.3) is 0 Å². The number of unbranched alkanes of at least 4 members (excludes halogenated alkanes) is 21. The third kappa shape index (κ3) is 49.5. The highest BCUT2D eigenvalue weighted by Crippen LogP contribution is 2.14. The minimum absolute atomic E-state index is 0.104. The third-order valence-corrected chi connectivity index (χ3v) is 10.9. The maximum atomic E-state index is 12.8. The molecule has 0 heterocycles. The fourth-order valence-corrected chi connectivity index (χ4v) is 6.98. The Balaban J connectivity index is 4.49. The molecule has 0 spiro atoms. The molecule has 0 saturated carbocycles. The van der Waals surface area contributed by atoms with Gasteiger partial charge in [0.1, 0.15) is 13.2 Å². The first-order chi connectivity index (χ1) is 31.0. The van der Waals surface area contributed by atoms with Gasteiger partial charge in [0, 0.05) is 19.3 Å². The molecule has 63 heavy (non-hydrogen) atoms. The second kappa shape index (κ2) is 51.2. The predicted molar refractivity (Wildman–Crippen MR) is 270 cm³/mol. The van der Waals surface area contributed by atoms with E-state index in [9.17, 15) is 14.4 Å². The van der Waals surface area contributed by atoms with Crippen LogP contribution in [0.15, 0.2) is 85.1 Å². The predicted octanol–water partition coefficient (Wildman–Crippen LogP) is 17.2. The number of allylic oxidation sites excluding steroid dienone is 14. The van der Waals surface area contributed by atoms with E-state index in [1.165, 1.54) is 96.3 Å². The first kappa shape index (κ1) is 59.6. The van der Waals surface area contributed by atoms with E-state index in [-0.39, 0.29) is 37.5 Å². The van der Waals surface area contributed by atoms with E-state index in [0.717, 1.165) is 96.3 Å². The lowest BCUT2D eigenvalue weighted by atomic mass is 10.1. The highest BCUT2D eigenvalue weighted by Gasteiger charge is 2.19. The number of hydrogen-bond donors (Lipinski definition) is 0. The Labute approximate surface area is 388 Å². The van der Waals surface area contributed by atoms with Crippen molar-refractivity contribution in [3.05, 3.63) is 85.1 Å². The topological polar surface area (TPSA) is 78.9 Å². The largest absolute Gasteiger partial charge is 0.462 e. The highest BCUT2D eigenvalue weighted by atomic mass is 16.6. The quantitative estimate of drug-likeness (QED) is 0.0262. The maximum Gasteiger partial charge on any atom is 0.306 e. The lowest BCUT2D eigenvalue weighted by molar-refractivity contribution is -0.167. The van der Waals surface area contributed by atoms with Crippen LogP contribution in [0.1, 0.15) is 239 Å². The van der Waals surface area contributed by atoms with Crippen LogP contribution < -0.4 is 0 Å². The molecular formula is C57H96O6. The van der Waals surface area contributed by atoms with E-state index in [2.05, 4.69) is 106 Å². The molecule has 6 nitrogen and oxygen atoms in total. The molecule has 0 aromatic rings. The second-order valence-corrected chi connectivity index (χ2v) is 17.1. The summed E-state index contributed by atoms with van der Waals surface area (Å²) in [5.41, 5.74) is 0. The lowest BCUT2D eigenvalue weighted by Gasteiger charge is -2.18. The number of esters is 3. The van der Waals surface area contributed by atoms with Crippen molar-refractivity contribution in [3.63, 3.8) is 0 Å². The summed E-state index contributed by atoms with van der Waals surface area (Å²) in [5.74, 6) is -0.982. The molecule has 0 N–H and O–H groups in total. The van der Waals surface area contributed by atoms with Gasteiger partial charge in [0.15, 0.2) is 6.10 Å². The van der Waals surface area contributed by atoms with E-state index >= 15 is 0 Å². The van der Waals surface area contributed by atoms with Crippen LogP contribution >= 0.6 is 0 Å². The van der Waals surface area contributed by atoms with Crippen molar-refractivity contribution in [2.75, 3.05) is 13.2 Å². The molecule has 0 radical (unpaired) electrons. The summed E-state index contributed by atoms with van der Waals surface area (Å²) < 4.78 is 16.7. The van der Waals surface area contributed by atoms with Crippen LogP contribution in [0.2, 0.25) is 0 Å². The number of carbonyl (C=O) groups excluding carboxylic acids is 3. The first-order valence-corrected chi connectivity index (χ1v) is 26.1. The van der Waals surface area contributed by atoms with E-state index in [4.69, 9.17) is 14.2 Å². The van der Waals surface area contributed by atoms with Crippen LogP contribution in [0.3, 0.4) is 0 Å². The smallest absolute Gasteiger partial charge is 0.306 e. The van der Waals surface area contributed by atoms with Crippen LogP contribution in [-0.2, 0) is 28.6 Å². The van der Waals surface area contributed by atoms with Crippen molar-refractivity contribution >= 4 is 17.9 Å². The zero-order valence-electron chi connectivity index (χ0n) is 41.1. The van der Waals surface area contributed by atoms with Crippen molar-refractivity contribution in [2.45, 2.75) is 245 Å². The Morgan fingerprint density at radius 1 is 0.333 bits per heavy atom. The van der Waals surface area contributed by atoms with E-state index < -0.39 is 6.10 Å². The van der Waals surface area contributed by atoms with E-state index in [1.807, 2.05) is 0 Å². The second-order valence-electron chi connectivity index (χ2n) is 17.1. The lowest BCUT2D eigenvalue weighted by Crippen LogP contribution is -2.30. The molecule has 0 aliphatic rings. The summed E-state index contributed by atoms with van der Waals surface area (Å²) in [6.45, 7) is 6.44. The molecular weight excluding hydrogens is 781 g/mol. The zero-order chi connectivity index (χ0) is 45.8. The average molecular weight is 877 g/mol. The van der Waals surface area contributed by atoms with Gasteiger partial charge in [-0.05, 0) is 89.9 Å². The van der Waals surface area contributed by atoms with Gasteiger partial charge in [0.25, 0.3) is 0 Å². The van der Waals surface area contributed by atoms with Crippen LogP contribution in [0.5, 0.6) is 0 Å². The van der Waals surface area contributed by atoms with E-state index in [0.29, 0.717) is 19.3 Å². The molecule has 1 atom stereocenters. The normalized spacial score (nSPS) is 12.7. The Kier molecular flexibility index (Phi) is 48.5. The van der Waals surface area contributed by atoms with Crippen molar-refractivity contribution in [3.8, 4) is 0 Å². The van der Waals surface area contributed by atoms with Gasteiger partial charge in [0.05, 0.1) is 0 Å². The summed E-state index contributed by atoms with van der Waals surface area (Å²) in [6.07, 6.45) is 65.7. The molecule has 0 saturated heterocycles. The maximum absolute atomic E-state index is 12.8. The standard InChI is InChI=1S/C57H96O6/c1-4-7-10-13-16-19-22-24-26-28-30-32-35-38-41-44-47-50-56(59)62-53-54(52-61-55(58)49-46-43-40-37-34-21-18-15-12-9-6-3)63-57(60)51-48-45-42-39-36-33-31-29-27-25-23-20-17-14-11-8-5-2/h7,10,16,19,24-27,30-33,39,42,54H,4-6,8-9,11-15,17-18,20-23,28-29,34-38,40-41,43-53H2,1-3H3/b10-7-,19-16-,26-24-,27-25-,32-30-,33-31-,42-39-/t54-/m0/s1. The minimum atomic E-state index is -0.811.